The third-order valence-corrected chi connectivity index (χ3v) is 1.91. The number of hydrogen-bond donors (Lipinski definition) is 1. The van der Waals surface area contributed by atoms with Gasteiger partial charge >= 0.3 is 6.18 Å². The molecule has 94 valence electrons. The number of amides is 1. The molecule has 3 nitrogen and oxygen atoms in total. The lowest BCUT2D eigenvalue weighted by Gasteiger charge is -2.25. The van der Waals surface area contributed by atoms with Crippen molar-refractivity contribution in [2.45, 2.75) is 32.0 Å². The fourth-order valence-corrected chi connectivity index (χ4v) is 1.27. The van der Waals surface area contributed by atoms with E-state index < -0.39 is 24.7 Å². The van der Waals surface area contributed by atoms with Crippen molar-refractivity contribution in [3.05, 3.63) is 12.7 Å². The van der Waals surface area contributed by atoms with Gasteiger partial charge < -0.3 is 10.6 Å². The molecule has 0 saturated carbocycles. The Hall–Kier alpha value is -1.04. The number of nitrogens with two attached hydrogens (primary N) is 1. The Kier molecular flexibility index (Phi) is 6.10. The molecule has 0 radical (unpaired) electrons. The molecule has 6 heteroatoms. The molecule has 0 aromatic rings. The fourth-order valence-electron chi connectivity index (χ4n) is 1.27. The molecule has 0 aromatic heterocycles. The van der Waals surface area contributed by atoms with Crippen LogP contribution in [0.5, 0.6) is 0 Å². The van der Waals surface area contributed by atoms with Gasteiger partial charge in [-0.15, -0.1) is 6.58 Å². The SMILES string of the molecule is C=CCC(N)C(=O)N(CCC)CC(F)(F)F. The highest BCUT2D eigenvalue weighted by atomic mass is 19.4. The van der Waals surface area contributed by atoms with E-state index in [1.165, 1.54) is 6.08 Å². The zero-order valence-electron chi connectivity index (χ0n) is 9.26. The molecule has 0 rings (SSSR count). The average Bonchev–Trinajstić information content (AvgIpc) is 2.14. The molecule has 1 atom stereocenters. The summed E-state index contributed by atoms with van der Waals surface area (Å²) in [5, 5.41) is 0. The van der Waals surface area contributed by atoms with Crippen molar-refractivity contribution in [1.82, 2.24) is 4.90 Å². The first-order chi connectivity index (χ1) is 7.31. The van der Waals surface area contributed by atoms with Crippen LogP contribution in [0.2, 0.25) is 0 Å². The lowest BCUT2D eigenvalue weighted by Crippen LogP contribution is -2.47. The summed E-state index contributed by atoms with van der Waals surface area (Å²) in [7, 11) is 0. The van der Waals surface area contributed by atoms with Crippen molar-refractivity contribution in [2.24, 2.45) is 5.73 Å². The Morgan fingerprint density at radius 2 is 2.12 bits per heavy atom. The van der Waals surface area contributed by atoms with E-state index in [0.29, 0.717) is 6.42 Å². The second-order valence-corrected chi connectivity index (χ2v) is 3.51. The number of rotatable bonds is 6. The maximum Gasteiger partial charge on any atom is 0.406 e. The topological polar surface area (TPSA) is 46.3 Å². The summed E-state index contributed by atoms with van der Waals surface area (Å²) in [5.41, 5.74) is 5.45. The van der Waals surface area contributed by atoms with Gasteiger partial charge in [0.15, 0.2) is 0 Å². The molecular formula is C10H17F3N2O. The molecule has 2 N–H and O–H groups in total. The first-order valence-corrected chi connectivity index (χ1v) is 5.03. The fraction of sp³-hybridized carbons (Fsp3) is 0.700. The van der Waals surface area contributed by atoms with Crippen LogP contribution in [0.3, 0.4) is 0 Å². The van der Waals surface area contributed by atoms with Crippen LogP contribution < -0.4 is 5.73 Å². The lowest BCUT2D eigenvalue weighted by molar-refractivity contribution is -0.162. The van der Waals surface area contributed by atoms with E-state index in [1.54, 1.807) is 6.92 Å². The van der Waals surface area contributed by atoms with Crippen LogP contribution in [-0.4, -0.2) is 36.1 Å². The predicted molar refractivity (Wildman–Crippen MR) is 55.7 cm³/mol. The average molecular weight is 238 g/mol. The molecule has 1 amide bonds. The number of alkyl halides is 3. The molecule has 0 saturated heterocycles. The van der Waals surface area contributed by atoms with Crippen LogP contribution in [-0.2, 0) is 4.79 Å². The minimum absolute atomic E-state index is 0.0587. The highest BCUT2D eigenvalue weighted by molar-refractivity contribution is 5.81. The first-order valence-electron chi connectivity index (χ1n) is 5.03. The lowest BCUT2D eigenvalue weighted by atomic mass is 10.2. The minimum atomic E-state index is -4.39. The summed E-state index contributed by atoms with van der Waals surface area (Å²) in [6.07, 6.45) is -2.33. The molecule has 0 spiro atoms. The van der Waals surface area contributed by atoms with Gasteiger partial charge in [0.1, 0.15) is 6.54 Å². The van der Waals surface area contributed by atoms with E-state index in [2.05, 4.69) is 6.58 Å². The molecule has 16 heavy (non-hydrogen) atoms. The van der Waals surface area contributed by atoms with Crippen LogP contribution in [0.15, 0.2) is 12.7 Å². The Bertz CT molecular complexity index is 241. The van der Waals surface area contributed by atoms with Crippen LogP contribution in [0.4, 0.5) is 13.2 Å². The van der Waals surface area contributed by atoms with Crippen LogP contribution in [0, 0.1) is 0 Å². The maximum absolute atomic E-state index is 12.2. The summed E-state index contributed by atoms with van der Waals surface area (Å²) in [6, 6.07) is -0.939. The monoisotopic (exact) mass is 238 g/mol. The van der Waals surface area contributed by atoms with E-state index in [0.717, 1.165) is 4.90 Å². The van der Waals surface area contributed by atoms with Crippen molar-refractivity contribution >= 4 is 5.91 Å². The van der Waals surface area contributed by atoms with E-state index >= 15 is 0 Å². The van der Waals surface area contributed by atoms with Crippen LogP contribution in [0.25, 0.3) is 0 Å². The molecule has 0 aliphatic rings. The van der Waals surface area contributed by atoms with Gasteiger partial charge in [-0.05, 0) is 12.8 Å². The molecule has 0 bridgehead atoms. The number of carbonyl (C=O) groups excluding carboxylic acids is 1. The van der Waals surface area contributed by atoms with E-state index in [9.17, 15) is 18.0 Å². The summed E-state index contributed by atoms with van der Waals surface area (Å²) < 4.78 is 36.6. The van der Waals surface area contributed by atoms with Crippen molar-refractivity contribution < 1.29 is 18.0 Å². The molecule has 0 aliphatic carbocycles. The van der Waals surface area contributed by atoms with E-state index in [-0.39, 0.29) is 13.0 Å². The molecule has 0 heterocycles. The molecular weight excluding hydrogens is 221 g/mol. The second kappa shape index (κ2) is 6.52. The smallest absolute Gasteiger partial charge is 0.332 e. The third-order valence-electron chi connectivity index (χ3n) is 1.91. The molecule has 0 aliphatic heterocycles. The predicted octanol–water partition coefficient (Wildman–Crippen LogP) is 1.69. The Morgan fingerprint density at radius 3 is 2.50 bits per heavy atom. The second-order valence-electron chi connectivity index (χ2n) is 3.51. The molecule has 0 aromatic carbocycles. The van der Waals surface area contributed by atoms with E-state index in [4.69, 9.17) is 5.73 Å². The third kappa shape index (κ3) is 5.75. The first kappa shape index (κ1) is 15.0. The van der Waals surface area contributed by atoms with Gasteiger partial charge in [-0.2, -0.15) is 13.2 Å². The van der Waals surface area contributed by atoms with Crippen LogP contribution >= 0.6 is 0 Å². The zero-order valence-corrected chi connectivity index (χ0v) is 9.26. The number of nitrogens with zero attached hydrogens (tertiary/aromatic N) is 1. The Labute approximate surface area is 93.1 Å². The van der Waals surface area contributed by atoms with Gasteiger partial charge in [0, 0.05) is 6.54 Å². The number of halogens is 3. The van der Waals surface area contributed by atoms with Gasteiger partial charge in [0.25, 0.3) is 0 Å². The van der Waals surface area contributed by atoms with Gasteiger partial charge in [-0.25, -0.2) is 0 Å². The van der Waals surface area contributed by atoms with Crippen molar-refractivity contribution in [1.29, 1.82) is 0 Å². The Balaban J connectivity index is 4.51. The maximum atomic E-state index is 12.2. The minimum Gasteiger partial charge on any atom is -0.332 e. The Morgan fingerprint density at radius 1 is 1.56 bits per heavy atom. The highest BCUT2D eigenvalue weighted by Crippen LogP contribution is 2.17. The normalized spacial score (nSPS) is 13.3. The van der Waals surface area contributed by atoms with Gasteiger partial charge in [0.05, 0.1) is 6.04 Å². The van der Waals surface area contributed by atoms with E-state index in [1.807, 2.05) is 0 Å². The summed E-state index contributed by atoms with van der Waals surface area (Å²) in [4.78, 5) is 12.3. The van der Waals surface area contributed by atoms with Crippen molar-refractivity contribution in [3.63, 3.8) is 0 Å². The molecule has 0 fully saturated rings. The standard InChI is InChI=1S/C10H17F3N2O/c1-3-5-8(14)9(16)15(6-4-2)7-10(11,12)13/h3,8H,1,4-7,14H2,2H3. The van der Waals surface area contributed by atoms with Gasteiger partial charge in [-0.3, -0.25) is 4.79 Å². The zero-order chi connectivity index (χ0) is 12.8. The van der Waals surface area contributed by atoms with Gasteiger partial charge in [0.2, 0.25) is 5.91 Å². The quantitative estimate of drug-likeness (QED) is 0.716. The largest absolute Gasteiger partial charge is 0.406 e. The molecule has 1 unspecified atom stereocenters. The highest BCUT2D eigenvalue weighted by Gasteiger charge is 2.33. The summed E-state index contributed by atoms with van der Waals surface area (Å²) >= 11 is 0. The summed E-state index contributed by atoms with van der Waals surface area (Å²) in [5.74, 6) is -0.681. The van der Waals surface area contributed by atoms with Gasteiger partial charge in [-0.1, -0.05) is 13.0 Å². The number of hydrogen-bond acceptors (Lipinski definition) is 2. The van der Waals surface area contributed by atoms with Crippen LogP contribution in [0.1, 0.15) is 19.8 Å². The number of carbonyl (C=O) groups is 1. The van der Waals surface area contributed by atoms with Crippen molar-refractivity contribution in [2.75, 3.05) is 13.1 Å². The summed E-state index contributed by atoms with van der Waals surface area (Å²) in [6.45, 7) is 3.91. The van der Waals surface area contributed by atoms with Crippen molar-refractivity contribution in [3.8, 4) is 0 Å².